The summed E-state index contributed by atoms with van der Waals surface area (Å²) in [5.74, 6) is -0.264. The van der Waals surface area contributed by atoms with Crippen molar-refractivity contribution in [3.63, 3.8) is 0 Å². The standard InChI is InChI=1S/C33H38FN9O5/c1-2-13-42-30-28(32(47)43(33(42)48)19-6-17-40-15-4-8-27(40)45)37-29(38-30)22-10-12-25(36-20-22)41(18-5-16-39-14-3-7-26(39)44)31(46)23-9-11-24(34)35-21-23/h9-12,20-21H,2-8,13-19H2,1H3,(H,37,38). The van der Waals surface area contributed by atoms with Crippen molar-refractivity contribution in [3.8, 4) is 11.4 Å². The summed E-state index contributed by atoms with van der Waals surface area (Å²) in [6.07, 6.45) is 7.02. The van der Waals surface area contributed by atoms with Crippen molar-refractivity contribution in [2.24, 2.45) is 0 Å². The van der Waals surface area contributed by atoms with E-state index in [9.17, 15) is 28.4 Å². The fourth-order valence-corrected chi connectivity index (χ4v) is 6.31. The van der Waals surface area contributed by atoms with Crippen LogP contribution < -0.4 is 16.1 Å². The largest absolute Gasteiger partial charge is 0.343 e. The number of anilines is 1. The van der Waals surface area contributed by atoms with Gasteiger partial charge in [-0.25, -0.2) is 19.7 Å². The van der Waals surface area contributed by atoms with E-state index in [2.05, 4.69) is 19.9 Å². The molecule has 0 saturated carbocycles. The molecule has 0 bridgehead atoms. The molecule has 4 aromatic heterocycles. The van der Waals surface area contributed by atoms with Crippen LogP contribution in [0.3, 0.4) is 0 Å². The Morgan fingerprint density at radius 3 is 2.21 bits per heavy atom. The molecule has 0 atom stereocenters. The highest BCUT2D eigenvalue weighted by Gasteiger charge is 2.24. The van der Waals surface area contributed by atoms with Gasteiger partial charge in [0.05, 0.1) is 5.56 Å². The van der Waals surface area contributed by atoms with Gasteiger partial charge in [0.15, 0.2) is 5.65 Å². The second-order valence-corrected chi connectivity index (χ2v) is 12.1. The maximum absolute atomic E-state index is 13.5. The first-order chi connectivity index (χ1) is 23.2. The van der Waals surface area contributed by atoms with Gasteiger partial charge in [-0.05, 0) is 56.4 Å². The molecule has 14 nitrogen and oxygen atoms in total. The van der Waals surface area contributed by atoms with Gasteiger partial charge in [0.1, 0.15) is 17.2 Å². The maximum Gasteiger partial charge on any atom is 0.332 e. The zero-order chi connectivity index (χ0) is 33.8. The number of hydrogen-bond donors (Lipinski definition) is 1. The van der Waals surface area contributed by atoms with Crippen LogP contribution in [-0.2, 0) is 22.7 Å². The molecule has 4 aromatic rings. The van der Waals surface area contributed by atoms with Crippen LogP contribution in [0.5, 0.6) is 0 Å². The minimum absolute atomic E-state index is 0.0950. The van der Waals surface area contributed by atoms with E-state index in [1.54, 1.807) is 21.9 Å². The zero-order valence-corrected chi connectivity index (χ0v) is 26.9. The highest BCUT2D eigenvalue weighted by molar-refractivity contribution is 6.05. The molecule has 2 saturated heterocycles. The highest BCUT2D eigenvalue weighted by atomic mass is 19.1. The minimum atomic E-state index is -0.700. The Morgan fingerprint density at radius 2 is 1.60 bits per heavy atom. The zero-order valence-electron chi connectivity index (χ0n) is 26.9. The number of fused-ring (bicyclic) bond motifs is 1. The number of nitrogens with one attached hydrogen (secondary N) is 1. The molecular weight excluding hydrogens is 621 g/mol. The summed E-state index contributed by atoms with van der Waals surface area (Å²) in [6, 6.07) is 5.84. The number of aromatic amines is 1. The minimum Gasteiger partial charge on any atom is -0.343 e. The van der Waals surface area contributed by atoms with Crippen molar-refractivity contribution in [1.29, 1.82) is 0 Å². The predicted octanol–water partition coefficient (Wildman–Crippen LogP) is 2.56. The molecule has 6 rings (SSSR count). The van der Waals surface area contributed by atoms with E-state index in [-0.39, 0.29) is 41.6 Å². The highest BCUT2D eigenvalue weighted by Crippen LogP contribution is 2.22. The van der Waals surface area contributed by atoms with Gasteiger partial charge in [0, 0.05) is 76.6 Å². The fourth-order valence-electron chi connectivity index (χ4n) is 6.31. The lowest BCUT2D eigenvalue weighted by molar-refractivity contribution is -0.128. The van der Waals surface area contributed by atoms with E-state index in [4.69, 9.17) is 0 Å². The van der Waals surface area contributed by atoms with Crippen molar-refractivity contribution in [1.82, 2.24) is 38.9 Å². The Kier molecular flexibility index (Phi) is 9.73. The molecule has 1 N–H and O–H groups in total. The molecular formula is C33H38FN9O5. The van der Waals surface area contributed by atoms with E-state index >= 15 is 0 Å². The number of likely N-dealkylation sites (tertiary alicyclic amines) is 2. The van der Waals surface area contributed by atoms with Crippen molar-refractivity contribution < 1.29 is 18.8 Å². The Bertz CT molecular complexity index is 1930. The van der Waals surface area contributed by atoms with E-state index in [0.29, 0.717) is 82.0 Å². The second kappa shape index (κ2) is 14.3. The third kappa shape index (κ3) is 6.75. The predicted molar refractivity (Wildman–Crippen MR) is 175 cm³/mol. The van der Waals surface area contributed by atoms with E-state index in [0.717, 1.165) is 18.9 Å². The number of imidazole rings is 1. The topological polar surface area (TPSA) is 159 Å². The summed E-state index contributed by atoms with van der Waals surface area (Å²) >= 11 is 0. The van der Waals surface area contributed by atoms with Crippen LogP contribution in [0.2, 0.25) is 0 Å². The molecule has 0 unspecified atom stereocenters. The van der Waals surface area contributed by atoms with E-state index in [1.807, 2.05) is 6.92 Å². The number of carbonyl (C=O) groups is 3. The Hall–Kier alpha value is -5.21. The molecule has 2 aliphatic rings. The smallest absolute Gasteiger partial charge is 0.332 e. The molecule has 0 radical (unpaired) electrons. The molecule has 15 heteroatoms. The van der Waals surface area contributed by atoms with Crippen molar-refractivity contribution >= 4 is 34.7 Å². The average molecular weight is 660 g/mol. The van der Waals surface area contributed by atoms with Crippen LogP contribution in [0.1, 0.15) is 62.2 Å². The van der Waals surface area contributed by atoms with Gasteiger partial charge in [-0.1, -0.05) is 6.92 Å². The normalized spacial score (nSPS) is 14.9. The lowest BCUT2D eigenvalue weighted by atomic mass is 10.2. The second-order valence-electron chi connectivity index (χ2n) is 12.1. The van der Waals surface area contributed by atoms with Gasteiger partial charge in [-0.2, -0.15) is 4.39 Å². The summed E-state index contributed by atoms with van der Waals surface area (Å²) in [5.41, 5.74) is 0.218. The average Bonchev–Trinajstić information content (AvgIpc) is 3.83. The van der Waals surface area contributed by atoms with Gasteiger partial charge >= 0.3 is 5.69 Å². The first kappa shape index (κ1) is 32.7. The van der Waals surface area contributed by atoms with Gasteiger partial charge in [-0.15, -0.1) is 0 Å². The fraction of sp³-hybridized carbons (Fsp3) is 0.455. The number of hydrogen-bond acceptors (Lipinski definition) is 8. The van der Waals surface area contributed by atoms with Gasteiger partial charge in [0.25, 0.3) is 11.5 Å². The molecule has 2 aliphatic heterocycles. The van der Waals surface area contributed by atoms with E-state index in [1.165, 1.54) is 32.5 Å². The molecule has 0 aromatic carbocycles. The summed E-state index contributed by atoms with van der Waals surface area (Å²) in [6.45, 7) is 5.08. The monoisotopic (exact) mass is 659 g/mol. The number of nitrogens with zero attached hydrogens (tertiary/aromatic N) is 8. The molecule has 6 heterocycles. The Labute approximate surface area is 275 Å². The number of aryl methyl sites for hydroxylation is 1. The number of pyridine rings is 2. The number of amides is 3. The lowest BCUT2D eigenvalue weighted by Crippen LogP contribution is -2.41. The van der Waals surface area contributed by atoms with Crippen LogP contribution in [0, 0.1) is 5.95 Å². The van der Waals surface area contributed by atoms with Crippen molar-refractivity contribution in [2.75, 3.05) is 37.6 Å². The summed E-state index contributed by atoms with van der Waals surface area (Å²) < 4.78 is 16.2. The number of rotatable bonds is 13. The molecule has 0 spiro atoms. The quantitative estimate of drug-likeness (QED) is 0.215. The number of aromatic nitrogens is 6. The molecule has 252 valence electrons. The van der Waals surface area contributed by atoms with Crippen molar-refractivity contribution in [3.05, 3.63) is 69.0 Å². The first-order valence-electron chi connectivity index (χ1n) is 16.4. The summed E-state index contributed by atoms with van der Waals surface area (Å²) in [4.78, 5) is 85.4. The van der Waals surface area contributed by atoms with E-state index < -0.39 is 23.1 Å². The van der Waals surface area contributed by atoms with Crippen LogP contribution in [0.25, 0.3) is 22.6 Å². The SMILES string of the molecule is CCCn1c(=O)n(CCCN2CCCC2=O)c(=O)c2[nH]c(-c3ccc(N(CCCN4CCCC4=O)C(=O)c4ccc(F)nc4)nc3)nc21. The third-order valence-corrected chi connectivity index (χ3v) is 8.79. The Morgan fingerprint density at radius 1 is 0.875 bits per heavy atom. The van der Waals surface area contributed by atoms with Gasteiger partial charge < -0.3 is 14.8 Å². The van der Waals surface area contributed by atoms with Gasteiger partial charge in [0.2, 0.25) is 17.8 Å². The van der Waals surface area contributed by atoms with Crippen LogP contribution in [-0.4, -0.2) is 89.3 Å². The summed E-state index contributed by atoms with van der Waals surface area (Å²) in [7, 11) is 0. The number of halogens is 1. The van der Waals surface area contributed by atoms with Crippen LogP contribution >= 0.6 is 0 Å². The molecule has 3 amide bonds. The molecule has 48 heavy (non-hydrogen) atoms. The molecule has 2 fully saturated rings. The molecule has 0 aliphatic carbocycles. The van der Waals surface area contributed by atoms with Crippen molar-refractivity contribution in [2.45, 2.75) is 65.0 Å². The number of carbonyl (C=O) groups excluding carboxylic acids is 3. The first-order valence-corrected chi connectivity index (χ1v) is 16.4. The lowest BCUT2D eigenvalue weighted by Gasteiger charge is -2.23. The Balaban J connectivity index is 1.26. The summed E-state index contributed by atoms with van der Waals surface area (Å²) in [5, 5.41) is 0. The third-order valence-electron chi connectivity index (χ3n) is 8.79. The van der Waals surface area contributed by atoms with Crippen LogP contribution in [0.15, 0.2) is 46.2 Å². The maximum atomic E-state index is 13.5. The van der Waals surface area contributed by atoms with Crippen LogP contribution in [0.4, 0.5) is 10.2 Å². The van der Waals surface area contributed by atoms with Gasteiger partial charge in [-0.3, -0.25) is 33.2 Å². The number of H-pyrrole nitrogens is 1.